The van der Waals surface area contributed by atoms with E-state index in [1.807, 2.05) is 4.90 Å². The molecule has 0 amide bonds. The minimum absolute atomic E-state index is 0.262. The van der Waals surface area contributed by atoms with E-state index in [9.17, 15) is 4.79 Å². The fraction of sp³-hybridized carbons (Fsp3) is 0.667. The molecular formula is C12H18N4O. The fourth-order valence-corrected chi connectivity index (χ4v) is 2.07. The summed E-state index contributed by atoms with van der Waals surface area (Å²) in [5.74, 6) is 0.865. The van der Waals surface area contributed by atoms with Crippen molar-refractivity contribution in [2.45, 2.75) is 39.5 Å². The summed E-state index contributed by atoms with van der Waals surface area (Å²) in [6.45, 7) is 5.39. The molecule has 0 atom stereocenters. The van der Waals surface area contributed by atoms with Gasteiger partial charge in [-0.2, -0.15) is 5.10 Å². The Morgan fingerprint density at radius 2 is 1.94 bits per heavy atom. The molecule has 0 bridgehead atoms. The number of hydrogen-bond donors (Lipinski definition) is 0. The van der Waals surface area contributed by atoms with E-state index < -0.39 is 0 Å². The highest BCUT2D eigenvalue weighted by Crippen LogP contribution is 2.15. The molecule has 1 aromatic heterocycles. The molecule has 5 heteroatoms. The number of nitrogens with zero attached hydrogens (tertiary/aromatic N) is 4. The standard InChI is InChI=1S/C12H18N4O/c1-3-10-11(4-2)14-15-12(13-10)16-7-5-6-9(17)8-16/h3-8H2,1-2H3. The van der Waals surface area contributed by atoms with Crippen LogP contribution >= 0.6 is 0 Å². The maximum atomic E-state index is 11.4. The van der Waals surface area contributed by atoms with Crippen LogP contribution in [0.25, 0.3) is 0 Å². The number of aromatic nitrogens is 3. The predicted molar refractivity (Wildman–Crippen MR) is 65.0 cm³/mol. The highest BCUT2D eigenvalue weighted by Gasteiger charge is 2.20. The van der Waals surface area contributed by atoms with Gasteiger partial charge in [-0.25, -0.2) is 4.98 Å². The molecule has 5 nitrogen and oxygen atoms in total. The summed E-state index contributed by atoms with van der Waals surface area (Å²) in [6, 6.07) is 0. The van der Waals surface area contributed by atoms with E-state index in [0.717, 1.165) is 37.2 Å². The lowest BCUT2D eigenvalue weighted by atomic mass is 10.1. The van der Waals surface area contributed by atoms with Gasteiger partial charge in [0.25, 0.3) is 0 Å². The van der Waals surface area contributed by atoms with Gasteiger partial charge in [0.2, 0.25) is 5.95 Å². The van der Waals surface area contributed by atoms with Crippen LogP contribution in [0.3, 0.4) is 0 Å². The Hall–Kier alpha value is -1.52. The number of ketones is 1. The number of hydrogen-bond acceptors (Lipinski definition) is 5. The molecule has 17 heavy (non-hydrogen) atoms. The van der Waals surface area contributed by atoms with E-state index in [-0.39, 0.29) is 5.78 Å². The molecule has 2 heterocycles. The summed E-state index contributed by atoms with van der Waals surface area (Å²) < 4.78 is 0. The molecule has 0 N–H and O–H groups in total. The Balaban J connectivity index is 2.23. The minimum atomic E-state index is 0.262. The van der Waals surface area contributed by atoms with Crippen LogP contribution < -0.4 is 4.90 Å². The normalized spacial score (nSPS) is 16.4. The summed E-state index contributed by atoms with van der Waals surface area (Å²) in [5.41, 5.74) is 1.95. The summed E-state index contributed by atoms with van der Waals surface area (Å²) in [4.78, 5) is 17.9. The van der Waals surface area contributed by atoms with Crippen LogP contribution in [0, 0.1) is 0 Å². The average molecular weight is 234 g/mol. The zero-order chi connectivity index (χ0) is 12.3. The average Bonchev–Trinajstić information content (AvgIpc) is 2.38. The van der Waals surface area contributed by atoms with Crippen LogP contribution in [-0.2, 0) is 17.6 Å². The molecule has 1 aliphatic rings. The zero-order valence-corrected chi connectivity index (χ0v) is 10.4. The number of aryl methyl sites for hydroxylation is 2. The molecule has 0 saturated carbocycles. The monoisotopic (exact) mass is 234 g/mol. The first-order valence-corrected chi connectivity index (χ1v) is 6.23. The van der Waals surface area contributed by atoms with E-state index in [2.05, 4.69) is 29.0 Å². The van der Waals surface area contributed by atoms with Crippen molar-refractivity contribution in [3.05, 3.63) is 11.4 Å². The van der Waals surface area contributed by atoms with Crippen molar-refractivity contribution < 1.29 is 4.79 Å². The molecule has 2 rings (SSSR count). The molecular weight excluding hydrogens is 216 g/mol. The lowest BCUT2D eigenvalue weighted by Gasteiger charge is -2.25. The number of rotatable bonds is 3. The number of piperidine rings is 1. The second kappa shape index (κ2) is 5.21. The molecule has 0 spiro atoms. The van der Waals surface area contributed by atoms with E-state index in [4.69, 9.17) is 0 Å². The Bertz CT molecular complexity index is 419. The quantitative estimate of drug-likeness (QED) is 0.785. The molecule has 0 aliphatic carbocycles. The second-order valence-corrected chi connectivity index (χ2v) is 4.28. The molecule has 1 saturated heterocycles. The topological polar surface area (TPSA) is 59.0 Å². The minimum Gasteiger partial charge on any atom is -0.332 e. The van der Waals surface area contributed by atoms with Crippen molar-refractivity contribution in [2.24, 2.45) is 0 Å². The van der Waals surface area contributed by atoms with Crippen molar-refractivity contribution in [1.29, 1.82) is 0 Å². The molecule has 1 aromatic rings. The van der Waals surface area contributed by atoms with Crippen molar-refractivity contribution >= 4 is 11.7 Å². The predicted octanol–water partition coefficient (Wildman–Crippen LogP) is 1.17. The van der Waals surface area contributed by atoms with Crippen LogP contribution in [0.15, 0.2) is 0 Å². The Labute approximate surface area is 101 Å². The SMILES string of the molecule is CCc1nnc(N2CCCC(=O)C2)nc1CC. The van der Waals surface area contributed by atoms with Gasteiger partial charge in [0.15, 0.2) is 5.78 Å². The number of carbonyl (C=O) groups is 1. The summed E-state index contributed by atoms with van der Waals surface area (Å²) in [7, 11) is 0. The van der Waals surface area contributed by atoms with Crippen LogP contribution in [0.4, 0.5) is 5.95 Å². The largest absolute Gasteiger partial charge is 0.332 e. The van der Waals surface area contributed by atoms with Gasteiger partial charge in [-0.3, -0.25) is 4.79 Å². The highest BCUT2D eigenvalue weighted by molar-refractivity contribution is 5.84. The van der Waals surface area contributed by atoms with Crippen molar-refractivity contribution in [1.82, 2.24) is 15.2 Å². The highest BCUT2D eigenvalue weighted by atomic mass is 16.1. The van der Waals surface area contributed by atoms with Gasteiger partial charge in [0, 0.05) is 13.0 Å². The molecule has 0 radical (unpaired) electrons. The smallest absolute Gasteiger partial charge is 0.245 e. The van der Waals surface area contributed by atoms with E-state index >= 15 is 0 Å². The van der Waals surface area contributed by atoms with Gasteiger partial charge in [0.1, 0.15) is 0 Å². The first kappa shape index (κ1) is 12.0. The van der Waals surface area contributed by atoms with Gasteiger partial charge in [-0.1, -0.05) is 13.8 Å². The van der Waals surface area contributed by atoms with Gasteiger partial charge >= 0.3 is 0 Å². The van der Waals surface area contributed by atoms with E-state index in [1.54, 1.807) is 0 Å². The van der Waals surface area contributed by atoms with E-state index in [0.29, 0.717) is 18.9 Å². The first-order valence-electron chi connectivity index (χ1n) is 6.23. The maximum Gasteiger partial charge on any atom is 0.245 e. The van der Waals surface area contributed by atoms with E-state index in [1.165, 1.54) is 0 Å². The Morgan fingerprint density at radius 3 is 2.59 bits per heavy atom. The van der Waals surface area contributed by atoms with Gasteiger partial charge < -0.3 is 4.90 Å². The summed E-state index contributed by atoms with van der Waals surface area (Å²) >= 11 is 0. The van der Waals surface area contributed by atoms with Crippen molar-refractivity contribution in [2.75, 3.05) is 18.0 Å². The molecule has 0 aromatic carbocycles. The molecule has 0 unspecified atom stereocenters. The van der Waals surface area contributed by atoms with Gasteiger partial charge in [-0.15, -0.1) is 5.10 Å². The third-order valence-corrected chi connectivity index (χ3v) is 3.03. The lowest BCUT2D eigenvalue weighted by Crippen LogP contribution is -2.37. The van der Waals surface area contributed by atoms with Crippen molar-refractivity contribution in [3.63, 3.8) is 0 Å². The van der Waals surface area contributed by atoms with Gasteiger partial charge in [0.05, 0.1) is 17.9 Å². The summed E-state index contributed by atoms with van der Waals surface area (Å²) in [5, 5.41) is 8.33. The maximum absolute atomic E-state index is 11.4. The lowest BCUT2D eigenvalue weighted by molar-refractivity contribution is -0.118. The van der Waals surface area contributed by atoms with Crippen LogP contribution in [0.5, 0.6) is 0 Å². The third kappa shape index (κ3) is 2.60. The van der Waals surface area contributed by atoms with Crippen LogP contribution in [-0.4, -0.2) is 34.1 Å². The molecule has 1 fully saturated rings. The number of Topliss-reactive ketones (excluding diaryl/α,β-unsaturated/α-hetero) is 1. The molecule has 92 valence electrons. The zero-order valence-electron chi connectivity index (χ0n) is 10.4. The van der Waals surface area contributed by atoms with Crippen LogP contribution in [0.2, 0.25) is 0 Å². The molecule has 1 aliphatic heterocycles. The third-order valence-electron chi connectivity index (χ3n) is 3.03. The van der Waals surface area contributed by atoms with Crippen LogP contribution in [0.1, 0.15) is 38.1 Å². The van der Waals surface area contributed by atoms with Gasteiger partial charge in [-0.05, 0) is 19.3 Å². The Morgan fingerprint density at radius 1 is 1.18 bits per heavy atom. The second-order valence-electron chi connectivity index (χ2n) is 4.28. The number of carbonyl (C=O) groups excluding carboxylic acids is 1. The summed E-state index contributed by atoms with van der Waals surface area (Å²) in [6.07, 6.45) is 3.27. The first-order chi connectivity index (χ1) is 8.24. The van der Waals surface area contributed by atoms with Crippen molar-refractivity contribution in [3.8, 4) is 0 Å². The number of anilines is 1. The Kier molecular flexibility index (Phi) is 3.66. The fourth-order valence-electron chi connectivity index (χ4n) is 2.07.